The highest BCUT2D eigenvalue weighted by atomic mass is 35.5. The van der Waals surface area contributed by atoms with Crippen LogP contribution < -0.4 is 5.32 Å². The van der Waals surface area contributed by atoms with Crippen molar-refractivity contribution in [1.82, 2.24) is 5.32 Å². The third-order valence-corrected chi connectivity index (χ3v) is 5.06. The maximum absolute atomic E-state index is 6.34. The first kappa shape index (κ1) is 16.1. The average Bonchev–Trinajstić information content (AvgIpc) is 2.65. The van der Waals surface area contributed by atoms with Crippen molar-refractivity contribution in [3.63, 3.8) is 0 Å². The van der Waals surface area contributed by atoms with E-state index < -0.39 is 0 Å². The van der Waals surface area contributed by atoms with Crippen LogP contribution in [-0.4, -0.2) is 13.1 Å². The normalized spacial score (nSPS) is 23.6. The van der Waals surface area contributed by atoms with E-state index >= 15 is 0 Å². The first-order valence-electron chi connectivity index (χ1n) is 7.85. The highest BCUT2D eigenvalue weighted by Crippen LogP contribution is 2.33. The van der Waals surface area contributed by atoms with E-state index in [0.717, 1.165) is 41.4 Å². The SMILES string of the molecule is CCNCC1CCCCCC1Cc1ccc(Cl)cc1Cl. The van der Waals surface area contributed by atoms with E-state index in [9.17, 15) is 0 Å². The molecular weight excluding hydrogens is 289 g/mol. The van der Waals surface area contributed by atoms with Crippen molar-refractivity contribution in [2.45, 2.75) is 45.4 Å². The van der Waals surface area contributed by atoms with E-state index in [1.165, 1.54) is 37.7 Å². The van der Waals surface area contributed by atoms with Crippen LogP contribution in [0.15, 0.2) is 18.2 Å². The lowest BCUT2D eigenvalue weighted by atomic mass is 9.83. The van der Waals surface area contributed by atoms with Gasteiger partial charge in [0, 0.05) is 10.0 Å². The zero-order valence-corrected chi connectivity index (χ0v) is 13.8. The number of benzene rings is 1. The van der Waals surface area contributed by atoms with Crippen LogP contribution in [-0.2, 0) is 6.42 Å². The molecule has 0 aliphatic heterocycles. The quantitative estimate of drug-likeness (QED) is 0.723. The zero-order valence-electron chi connectivity index (χ0n) is 12.3. The minimum absolute atomic E-state index is 0.726. The topological polar surface area (TPSA) is 12.0 Å². The van der Waals surface area contributed by atoms with Crippen molar-refractivity contribution in [2.24, 2.45) is 11.8 Å². The minimum Gasteiger partial charge on any atom is -0.317 e. The lowest BCUT2D eigenvalue weighted by molar-refractivity contribution is 0.299. The third kappa shape index (κ3) is 4.65. The van der Waals surface area contributed by atoms with E-state index in [4.69, 9.17) is 23.2 Å². The minimum atomic E-state index is 0.726. The fraction of sp³-hybridized carbons (Fsp3) is 0.647. The van der Waals surface area contributed by atoms with Crippen LogP contribution in [0, 0.1) is 11.8 Å². The summed E-state index contributed by atoms with van der Waals surface area (Å²) in [5.41, 5.74) is 1.25. The fourth-order valence-electron chi connectivity index (χ4n) is 3.30. The molecule has 2 unspecified atom stereocenters. The van der Waals surface area contributed by atoms with Gasteiger partial charge in [-0.1, -0.05) is 55.5 Å². The van der Waals surface area contributed by atoms with Crippen LogP contribution in [0.3, 0.4) is 0 Å². The van der Waals surface area contributed by atoms with E-state index in [-0.39, 0.29) is 0 Å². The van der Waals surface area contributed by atoms with Gasteiger partial charge in [0.2, 0.25) is 0 Å². The van der Waals surface area contributed by atoms with Crippen LogP contribution in [0.2, 0.25) is 10.0 Å². The molecule has 1 N–H and O–H groups in total. The van der Waals surface area contributed by atoms with Gasteiger partial charge in [0.05, 0.1) is 0 Å². The van der Waals surface area contributed by atoms with Crippen LogP contribution >= 0.6 is 23.2 Å². The molecule has 0 radical (unpaired) electrons. The summed E-state index contributed by atoms with van der Waals surface area (Å²) < 4.78 is 0. The van der Waals surface area contributed by atoms with Gasteiger partial charge in [0.25, 0.3) is 0 Å². The molecule has 1 saturated carbocycles. The molecule has 0 heterocycles. The lowest BCUT2D eigenvalue weighted by Gasteiger charge is -2.26. The van der Waals surface area contributed by atoms with Gasteiger partial charge in [0.1, 0.15) is 0 Å². The predicted molar refractivity (Wildman–Crippen MR) is 88.8 cm³/mol. The summed E-state index contributed by atoms with van der Waals surface area (Å²) in [5, 5.41) is 5.08. The van der Waals surface area contributed by atoms with Gasteiger partial charge >= 0.3 is 0 Å². The number of hydrogen-bond donors (Lipinski definition) is 1. The van der Waals surface area contributed by atoms with Crippen molar-refractivity contribution < 1.29 is 0 Å². The Kier molecular flexibility index (Phi) is 6.67. The number of halogens is 2. The maximum atomic E-state index is 6.34. The summed E-state index contributed by atoms with van der Waals surface area (Å²) in [4.78, 5) is 0. The zero-order chi connectivity index (χ0) is 14.4. The summed E-state index contributed by atoms with van der Waals surface area (Å²) in [5.74, 6) is 1.53. The average molecular weight is 314 g/mol. The molecule has 112 valence electrons. The number of rotatable bonds is 5. The fourth-order valence-corrected chi connectivity index (χ4v) is 3.78. The van der Waals surface area contributed by atoms with Gasteiger partial charge < -0.3 is 5.32 Å². The first-order valence-corrected chi connectivity index (χ1v) is 8.61. The van der Waals surface area contributed by atoms with Crippen LogP contribution in [0.5, 0.6) is 0 Å². The van der Waals surface area contributed by atoms with Gasteiger partial charge in [-0.3, -0.25) is 0 Å². The van der Waals surface area contributed by atoms with E-state index in [0.29, 0.717) is 0 Å². The molecule has 2 atom stereocenters. The predicted octanol–water partition coefficient (Wildman–Crippen LogP) is 5.34. The first-order chi connectivity index (χ1) is 9.70. The van der Waals surface area contributed by atoms with E-state index in [1.54, 1.807) is 0 Å². The third-order valence-electron chi connectivity index (χ3n) is 4.47. The number of nitrogens with one attached hydrogen (secondary N) is 1. The molecule has 0 saturated heterocycles. The Hall–Kier alpha value is -0.240. The molecule has 3 heteroatoms. The molecular formula is C17H25Cl2N. The van der Waals surface area contributed by atoms with Crippen molar-refractivity contribution in [3.05, 3.63) is 33.8 Å². The monoisotopic (exact) mass is 313 g/mol. The van der Waals surface area contributed by atoms with Crippen molar-refractivity contribution >= 4 is 23.2 Å². The molecule has 1 fully saturated rings. The van der Waals surface area contributed by atoms with Crippen molar-refractivity contribution in [2.75, 3.05) is 13.1 Å². The highest BCUT2D eigenvalue weighted by molar-refractivity contribution is 6.35. The Labute approximate surface area is 133 Å². The maximum Gasteiger partial charge on any atom is 0.0452 e. The Bertz CT molecular complexity index is 419. The molecule has 1 aromatic rings. The molecule has 2 rings (SSSR count). The molecule has 20 heavy (non-hydrogen) atoms. The Morgan fingerprint density at radius 3 is 2.55 bits per heavy atom. The molecule has 1 aliphatic carbocycles. The van der Waals surface area contributed by atoms with E-state index in [2.05, 4.69) is 18.3 Å². The second-order valence-corrected chi connectivity index (χ2v) is 6.75. The molecule has 0 aromatic heterocycles. The standard InChI is InChI=1S/C17H25Cl2N/c1-2-20-12-15-7-5-3-4-6-13(15)10-14-8-9-16(18)11-17(14)19/h8-9,11,13,15,20H,2-7,10,12H2,1H3. The Morgan fingerprint density at radius 1 is 1.10 bits per heavy atom. The van der Waals surface area contributed by atoms with Gasteiger partial charge in [0.15, 0.2) is 0 Å². The molecule has 0 amide bonds. The second-order valence-electron chi connectivity index (χ2n) is 5.91. The summed E-state index contributed by atoms with van der Waals surface area (Å²) in [7, 11) is 0. The summed E-state index contributed by atoms with van der Waals surface area (Å²) in [6.45, 7) is 4.39. The van der Waals surface area contributed by atoms with E-state index in [1.807, 2.05) is 12.1 Å². The smallest absolute Gasteiger partial charge is 0.0452 e. The number of hydrogen-bond acceptors (Lipinski definition) is 1. The van der Waals surface area contributed by atoms with Crippen molar-refractivity contribution in [1.29, 1.82) is 0 Å². The molecule has 1 aromatic carbocycles. The van der Waals surface area contributed by atoms with Crippen LogP contribution in [0.25, 0.3) is 0 Å². The summed E-state index contributed by atoms with van der Waals surface area (Å²) >= 11 is 12.3. The van der Waals surface area contributed by atoms with Gasteiger partial charge in [-0.05, 0) is 61.9 Å². The summed E-state index contributed by atoms with van der Waals surface area (Å²) in [6.07, 6.45) is 7.89. The second kappa shape index (κ2) is 8.26. The van der Waals surface area contributed by atoms with Gasteiger partial charge in [-0.25, -0.2) is 0 Å². The molecule has 0 spiro atoms. The van der Waals surface area contributed by atoms with Gasteiger partial charge in [-0.15, -0.1) is 0 Å². The summed E-state index contributed by atoms with van der Waals surface area (Å²) in [6, 6.07) is 5.92. The lowest BCUT2D eigenvalue weighted by Crippen LogP contribution is -2.28. The van der Waals surface area contributed by atoms with Crippen molar-refractivity contribution in [3.8, 4) is 0 Å². The van der Waals surface area contributed by atoms with Crippen LogP contribution in [0.1, 0.15) is 44.6 Å². The van der Waals surface area contributed by atoms with Crippen LogP contribution in [0.4, 0.5) is 0 Å². The Morgan fingerprint density at radius 2 is 1.85 bits per heavy atom. The van der Waals surface area contributed by atoms with Gasteiger partial charge in [-0.2, -0.15) is 0 Å². The molecule has 1 nitrogen and oxygen atoms in total. The largest absolute Gasteiger partial charge is 0.317 e. The highest BCUT2D eigenvalue weighted by Gasteiger charge is 2.24. The molecule has 1 aliphatic rings. The molecule has 0 bridgehead atoms. The Balaban J connectivity index is 2.06.